The third kappa shape index (κ3) is 2.97. The standard InChI is InChI=1S/C10H10N2O6.ClH/c13-8-4-5(3-7(9(8)14)12(16)17)6-1-2-18-10(15)11-6;/h3-4,6,13-14H,1-2H2,(H,11,15);1H/t6-;/m1./s1. The van der Waals surface area contributed by atoms with E-state index >= 15 is 0 Å². The van der Waals surface area contributed by atoms with Crippen molar-refractivity contribution in [3.63, 3.8) is 0 Å². The van der Waals surface area contributed by atoms with E-state index in [9.17, 15) is 25.1 Å². The Labute approximate surface area is 113 Å². The zero-order valence-corrected chi connectivity index (χ0v) is 10.3. The molecule has 1 aliphatic rings. The van der Waals surface area contributed by atoms with Crippen LogP contribution in [0.25, 0.3) is 0 Å². The number of benzene rings is 1. The number of ether oxygens (including phenoxy) is 1. The van der Waals surface area contributed by atoms with Crippen molar-refractivity contribution in [1.29, 1.82) is 0 Å². The summed E-state index contributed by atoms with van der Waals surface area (Å²) in [6.07, 6.45) is -0.200. The van der Waals surface area contributed by atoms with Crippen molar-refractivity contribution >= 4 is 24.2 Å². The normalized spacial score (nSPS) is 17.9. The lowest BCUT2D eigenvalue weighted by Gasteiger charge is -2.23. The number of halogens is 1. The Hall–Kier alpha value is -2.22. The van der Waals surface area contributed by atoms with E-state index in [2.05, 4.69) is 10.1 Å². The summed E-state index contributed by atoms with van der Waals surface area (Å²) in [5.74, 6) is -1.39. The fraction of sp³-hybridized carbons (Fsp3) is 0.300. The minimum atomic E-state index is -0.806. The second kappa shape index (κ2) is 5.61. The maximum atomic E-state index is 11.0. The quantitative estimate of drug-likeness (QED) is 0.432. The summed E-state index contributed by atoms with van der Waals surface area (Å²) in [4.78, 5) is 20.9. The molecule has 0 radical (unpaired) electrons. The molecule has 1 aromatic rings. The molecule has 0 unspecified atom stereocenters. The first-order valence-corrected chi connectivity index (χ1v) is 5.12. The van der Waals surface area contributed by atoms with Gasteiger partial charge in [-0.2, -0.15) is 0 Å². The number of rotatable bonds is 2. The van der Waals surface area contributed by atoms with Crippen LogP contribution in [0.2, 0.25) is 0 Å². The predicted molar refractivity (Wildman–Crippen MR) is 65.5 cm³/mol. The molecule has 0 aromatic heterocycles. The molecule has 1 aliphatic heterocycles. The minimum absolute atomic E-state index is 0. The summed E-state index contributed by atoms with van der Waals surface area (Å²) < 4.78 is 4.67. The fourth-order valence-electron chi connectivity index (χ4n) is 1.74. The second-order valence-corrected chi connectivity index (χ2v) is 3.79. The molecule has 0 aliphatic carbocycles. The smallest absolute Gasteiger partial charge is 0.407 e. The summed E-state index contributed by atoms with van der Waals surface area (Å²) in [7, 11) is 0. The maximum Gasteiger partial charge on any atom is 0.407 e. The van der Waals surface area contributed by atoms with E-state index in [0.717, 1.165) is 6.07 Å². The molecule has 3 N–H and O–H groups in total. The molecular weight excluding hydrogens is 280 g/mol. The molecule has 2 rings (SSSR count). The molecule has 8 nitrogen and oxygen atoms in total. The molecule has 0 spiro atoms. The number of nitrogens with one attached hydrogen (secondary N) is 1. The number of hydrogen-bond acceptors (Lipinski definition) is 6. The molecule has 0 bridgehead atoms. The number of nitrogens with zero attached hydrogens (tertiary/aromatic N) is 1. The minimum Gasteiger partial charge on any atom is -0.504 e. The number of carbonyl (C=O) groups is 1. The molecule has 1 heterocycles. The summed E-state index contributed by atoms with van der Waals surface area (Å²) >= 11 is 0. The van der Waals surface area contributed by atoms with Crippen LogP contribution in [0, 0.1) is 10.1 Å². The van der Waals surface area contributed by atoms with Crippen LogP contribution in [0.1, 0.15) is 18.0 Å². The van der Waals surface area contributed by atoms with E-state index < -0.39 is 34.2 Å². The van der Waals surface area contributed by atoms with Gasteiger partial charge in [-0.05, 0) is 11.6 Å². The van der Waals surface area contributed by atoms with Crippen LogP contribution in [0.15, 0.2) is 12.1 Å². The highest BCUT2D eigenvalue weighted by Crippen LogP contribution is 2.38. The van der Waals surface area contributed by atoms with Gasteiger partial charge in [0.25, 0.3) is 0 Å². The van der Waals surface area contributed by atoms with Crippen molar-refractivity contribution in [3.05, 3.63) is 27.8 Å². The van der Waals surface area contributed by atoms with E-state index in [1.807, 2.05) is 0 Å². The van der Waals surface area contributed by atoms with Crippen molar-refractivity contribution < 1.29 is 24.7 Å². The molecule has 9 heteroatoms. The van der Waals surface area contributed by atoms with Crippen LogP contribution >= 0.6 is 12.4 Å². The van der Waals surface area contributed by atoms with Gasteiger partial charge in [0.2, 0.25) is 5.75 Å². The summed E-state index contributed by atoms with van der Waals surface area (Å²) in [5.41, 5.74) is -0.264. The summed E-state index contributed by atoms with van der Waals surface area (Å²) in [6.45, 7) is 0.186. The second-order valence-electron chi connectivity index (χ2n) is 3.79. The number of nitro groups is 1. The lowest BCUT2D eigenvalue weighted by atomic mass is 10.0. The van der Waals surface area contributed by atoms with Gasteiger partial charge in [0.15, 0.2) is 5.75 Å². The highest BCUT2D eigenvalue weighted by atomic mass is 35.5. The first-order chi connectivity index (χ1) is 8.49. The monoisotopic (exact) mass is 290 g/mol. The third-order valence-electron chi connectivity index (χ3n) is 2.62. The van der Waals surface area contributed by atoms with Gasteiger partial charge in [-0.3, -0.25) is 10.1 Å². The first-order valence-electron chi connectivity index (χ1n) is 5.12. The average Bonchev–Trinajstić information content (AvgIpc) is 2.32. The van der Waals surface area contributed by atoms with Gasteiger partial charge in [0.1, 0.15) is 0 Å². The predicted octanol–water partition coefficient (Wildman–Crippen LogP) is 1.60. The van der Waals surface area contributed by atoms with Crippen LogP contribution in [0.3, 0.4) is 0 Å². The largest absolute Gasteiger partial charge is 0.504 e. The Kier molecular flexibility index (Phi) is 4.38. The van der Waals surface area contributed by atoms with Crippen LogP contribution in [-0.4, -0.2) is 27.8 Å². The van der Waals surface area contributed by atoms with Crippen molar-refractivity contribution in [2.24, 2.45) is 0 Å². The number of alkyl carbamates (subject to hydrolysis) is 1. The van der Waals surface area contributed by atoms with Crippen molar-refractivity contribution in [3.8, 4) is 11.5 Å². The number of amides is 1. The van der Waals surface area contributed by atoms with Crippen molar-refractivity contribution in [2.75, 3.05) is 6.61 Å². The maximum absolute atomic E-state index is 11.0. The molecule has 1 atom stereocenters. The molecule has 19 heavy (non-hydrogen) atoms. The molecule has 0 saturated carbocycles. The number of carbonyl (C=O) groups excluding carboxylic acids is 1. The number of cyclic esters (lactones) is 1. The Morgan fingerprint density at radius 3 is 2.68 bits per heavy atom. The number of nitro benzene ring substituents is 1. The van der Waals surface area contributed by atoms with Crippen molar-refractivity contribution in [1.82, 2.24) is 5.32 Å². The zero-order valence-electron chi connectivity index (χ0n) is 9.53. The third-order valence-corrected chi connectivity index (χ3v) is 2.62. The number of phenols is 2. The lowest BCUT2D eigenvalue weighted by Crippen LogP contribution is -2.35. The Morgan fingerprint density at radius 1 is 1.42 bits per heavy atom. The topological polar surface area (TPSA) is 122 Å². The Balaban J connectivity index is 0.00000180. The van der Waals surface area contributed by atoms with E-state index in [4.69, 9.17) is 0 Å². The average molecular weight is 291 g/mol. The molecule has 1 fully saturated rings. The van der Waals surface area contributed by atoms with Gasteiger partial charge in [-0.1, -0.05) is 0 Å². The van der Waals surface area contributed by atoms with Crippen molar-refractivity contribution in [2.45, 2.75) is 12.5 Å². The van der Waals surface area contributed by atoms with Gasteiger partial charge in [0.05, 0.1) is 17.6 Å². The molecule has 104 valence electrons. The van der Waals surface area contributed by atoms with E-state index in [-0.39, 0.29) is 19.0 Å². The highest BCUT2D eigenvalue weighted by molar-refractivity contribution is 5.85. The van der Waals surface area contributed by atoms with Crippen LogP contribution in [0.4, 0.5) is 10.5 Å². The lowest BCUT2D eigenvalue weighted by molar-refractivity contribution is -0.386. The number of phenolic OH excluding ortho intramolecular Hbond substituents is 2. The van der Waals surface area contributed by atoms with E-state index in [0.29, 0.717) is 12.0 Å². The summed E-state index contributed by atoms with van der Waals surface area (Å²) in [6, 6.07) is 1.81. The van der Waals surface area contributed by atoms with Gasteiger partial charge >= 0.3 is 11.8 Å². The summed E-state index contributed by atoms with van der Waals surface area (Å²) in [5, 5.41) is 31.9. The van der Waals surface area contributed by atoms with Gasteiger partial charge < -0.3 is 20.3 Å². The van der Waals surface area contributed by atoms with E-state index in [1.54, 1.807) is 0 Å². The molecule has 1 aromatic carbocycles. The van der Waals surface area contributed by atoms with E-state index in [1.165, 1.54) is 6.07 Å². The SMILES string of the molecule is Cl.O=C1N[C@@H](c2cc(O)c(O)c([N+](=O)[O-])c2)CCO1. The zero-order chi connectivity index (χ0) is 13.3. The van der Waals surface area contributed by atoms with Gasteiger partial charge in [-0.25, -0.2) is 4.79 Å². The Bertz CT molecular complexity index is 521. The van der Waals surface area contributed by atoms with Crippen LogP contribution in [-0.2, 0) is 4.74 Å². The van der Waals surface area contributed by atoms with Crippen LogP contribution < -0.4 is 5.32 Å². The van der Waals surface area contributed by atoms with Gasteiger partial charge in [0, 0.05) is 12.5 Å². The number of hydrogen-bond donors (Lipinski definition) is 3. The number of aromatic hydroxyl groups is 2. The first kappa shape index (κ1) is 14.8. The highest BCUT2D eigenvalue weighted by Gasteiger charge is 2.26. The Morgan fingerprint density at radius 2 is 2.11 bits per heavy atom. The van der Waals surface area contributed by atoms with Crippen LogP contribution in [0.5, 0.6) is 11.5 Å². The molecular formula is C10H11ClN2O6. The fourth-order valence-corrected chi connectivity index (χ4v) is 1.74. The molecule has 1 saturated heterocycles. The molecule has 1 amide bonds. The van der Waals surface area contributed by atoms with Gasteiger partial charge in [-0.15, -0.1) is 12.4 Å².